The molecule has 0 radical (unpaired) electrons. The van der Waals surface area contributed by atoms with E-state index in [1.165, 1.54) is 38.9 Å². The Morgan fingerprint density at radius 3 is 2.39 bits per heavy atom. The number of fused-ring (bicyclic) bond motifs is 1. The Balaban J connectivity index is 2.16. The van der Waals surface area contributed by atoms with Gasteiger partial charge in [-0.15, -0.1) is 0 Å². The molecule has 118 valence electrons. The van der Waals surface area contributed by atoms with Gasteiger partial charge in [-0.3, -0.25) is 0 Å². The Bertz CT molecular complexity index is 859. The summed E-state index contributed by atoms with van der Waals surface area (Å²) >= 11 is 0. The van der Waals surface area contributed by atoms with Crippen LogP contribution < -0.4 is 4.57 Å². The molecular formula is C22H26N+. The van der Waals surface area contributed by atoms with E-state index in [0.29, 0.717) is 5.92 Å². The highest BCUT2D eigenvalue weighted by molar-refractivity contribution is 5.79. The topological polar surface area (TPSA) is 3.88 Å². The van der Waals surface area contributed by atoms with E-state index < -0.39 is 0 Å². The number of aromatic nitrogens is 1. The van der Waals surface area contributed by atoms with Crippen LogP contribution in [0.2, 0.25) is 0 Å². The van der Waals surface area contributed by atoms with Crippen LogP contribution in [0.25, 0.3) is 22.2 Å². The number of nitrogens with zero attached hydrogens (tertiary/aromatic N) is 1. The summed E-state index contributed by atoms with van der Waals surface area (Å²) in [5, 5.41) is 1.31. The summed E-state index contributed by atoms with van der Waals surface area (Å²) < 4.78 is 2.31. The number of rotatable bonds is 3. The summed E-state index contributed by atoms with van der Waals surface area (Å²) in [5.41, 5.74) is 8.02. The molecule has 0 aliphatic heterocycles. The first kappa shape index (κ1) is 15.7. The molecule has 23 heavy (non-hydrogen) atoms. The maximum absolute atomic E-state index is 2.32. The van der Waals surface area contributed by atoms with Gasteiger partial charge in [-0.25, -0.2) is 0 Å². The van der Waals surface area contributed by atoms with Crippen LogP contribution in [-0.2, 0) is 13.5 Å². The van der Waals surface area contributed by atoms with Gasteiger partial charge in [-0.05, 0) is 54.2 Å². The summed E-state index contributed by atoms with van der Waals surface area (Å²) in [6, 6.07) is 18.1. The Kier molecular flexibility index (Phi) is 4.21. The number of hydrogen-bond donors (Lipinski definition) is 0. The SMILES string of the molecule is CCc1ccc(-c2ccc3cc(C(C)C)ccc3[n+]2C)c(C)c1. The predicted molar refractivity (Wildman–Crippen MR) is 98.8 cm³/mol. The van der Waals surface area contributed by atoms with Crippen molar-refractivity contribution in [1.82, 2.24) is 0 Å². The fourth-order valence-corrected chi connectivity index (χ4v) is 3.28. The van der Waals surface area contributed by atoms with Gasteiger partial charge in [-0.1, -0.05) is 39.0 Å². The lowest BCUT2D eigenvalue weighted by molar-refractivity contribution is -0.633. The zero-order chi connectivity index (χ0) is 16.6. The van der Waals surface area contributed by atoms with E-state index in [1.54, 1.807) is 0 Å². The normalized spacial score (nSPS) is 11.4. The first-order chi connectivity index (χ1) is 11.0. The molecule has 2 aromatic carbocycles. The van der Waals surface area contributed by atoms with Crippen molar-refractivity contribution in [3.05, 3.63) is 65.2 Å². The van der Waals surface area contributed by atoms with E-state index in [4.69, 9.17) is 0 Å². The smallest absolute Gasteiger partial charge is 0.194 e. The molecule has 0 aliphatic rings. The van der Waals surface area contributed by atoms with Gasteiger partial charge in [0.2, 0.25) is 11.2 Å². The highest BCUT2D eigenvalue weighted by Crippen LogP contribution is 2.25. The largest absolute Gasteiger partial charge is 0.213 e. The zero-order valence-corrected chi connectivity index (χ0v) is 14.9. The van der Waals surface area contributed by atoms with E-state index in [9.17, 15) is 0 Å². The van der Waals surface area contributed by atoms with Crippen LogP contribution in [0.15, 0.2) is 48.5 Å². The fraction of sp³-hybridized carbons (Fsp3) is 0.318. The van der Waals surface area contributed by atoms with E-state index in [2.05, 4.69) is 87.8 Å². The van der Waals surface area contributed by atoms with Crippen LogP contribution in [0.5, 0.6) is 0 Å². The van der Waals surface area contributed by atoms with Gasteiger partial charge >= 0.3 is 0 Å². The lowest BCUT2D eigenvalue weighted by Crippen LogP contribution is -2.32. The lowest BCUT2D eigenvalue weighted by atomic mass is 9.98. The van der Waals surface area contributed by atoms with Gasteiger partial charge in [0.1, 0.15) is 7.05 Å². The second-order valence-corrected chi connectivity index (χ2v) is 6.75. The number of hydrogen-bond acceptors (Lipinski definition) is 0. The Morgan fingerprint density at radius 1 is 0.957 bits per heavy atom. The molecule has 0 saturated heterocycles. The maximum atomic E-state index is 2.32. The minimum absolute atomic E-state index is 0.563. The third-order valence-corrected chi connectivity index (χ3v) is 4.84. The number of pyridine rings is 1. The standard InChI is InChI=1S/C22H26N/c1-6-17-7-10-20(16(4)13-17)22-12-9-19-14-18(15(2)3)8-11-21(19)23(22)5/h7-15H,6H2,1-5H3/q+1. The number of benzene rings is 2. The summed E-state index contributed by atoms with van der Waals surface area (Å²) in [4.78, 5) is 0. The molecule has 0 N–H and O–H groups in total. The molecule has 0 fully saturated rings. The zero-order valence-electron chi connectivity index (χ0n) is 14.9. The second kappa shape index (κ2) is 6.16. The molecule has 0 spiro atoms. The van der Waals surface area contributed by atoms with Crippen molar-refractivity contribution >= 4 is 10.9 Å². The van der Waals surface area contributed by atoms with Gasteiger partial charge in [0.15, 0.2) is 0 Å². The molecule has 1 heteroatoms. The first-order valence-corrected chi connectivity index (χ1v) is 8.54. The summed E-state index contributed by atoms with van der Waals surface area (Å²) in [5.74, 6) is 0.563. The quantitative estimate of drug-likeness (QED) is 0.576. The van der Waals surface area contributed by atoms with Crippen molar-refractivity contribution in [3.8, 4) is 11.3 Å². The maximum Gasteiger partial charge on any atom is 0.213 e. The Morgan fingerprint density at radius 2 is 1.74 bits per heavy atom. The minimum Gasteiger partial charge on any atom is -0.194 e. The minimum atomic E-state index is 0.563. The Labute approximate surface area is 139 Å². The van der Waals surface area contributed by atoms with Crippen molar-refractivity contribution in [2.45, 2.75) is 40.0 Å². The predicted octanol–water partition coefficient (Wildman–Crippen LogP) is 5.33. The third kappa shape index (κ3) is 2.88. The fourth-order valence-electron chi connectivity index (χ4n) is 3.28. The molecule has 1 heterocycles. The van der Waals surface area contributed by atoms with Crippen molar-refractivity contribution in [2.75, 3.05) is 0 Å². The van der Waals surface area contributed by atoms with Gasteiger partial charge < -0.3 is 0 Å². The van der Waals surface area contributed by atoms with Crippen molar-refractivity contribution < 1.29 is 4.57 Å². The molecule has 3 rings (SSSR count). The van der Waals surface area contributed by atoms with E-state index in [-0.39, 0.29) is 0 Å². The Hall–Kier alpha value is -2.15. The summed E-state index contributed by atoms with van der Waals surface area (Å²) in [6.07, 6.45) is 1.09. The highest BCUT2D eigenvalue weighted by atomic mass is 14.9. The molecule has 0 atom stereocenters. The average Bonchev–Trinajstić information content (AvgIpc) is 2.55. The molecule has 1 aromatic heterocycles. The van der Waals surface area contributed by atoms with E-state index >= 15 is 0 Å². The second-order valence-electron chi connectivity index (χ2n) is 6.75. The third-order valence-electron chi connectivity index (χ3n) is 4.84. The van der Waals surface area contributed by atoms with Crippen molar-refractivity contribution in [2.24, 2.45) is 7.05 Å². The van der Waals surface area contributed by atoms with E-state index in [0.717, 1.165) is 6.42 Å². The van der Waals surface area contributed by atoms with Gasteiger partial charge in [0, 0.05) is 23.1 Å². The average molecular weight is 304 g/mol. The van der Waals surface area contributed by atoms with Crippen LogP contribution in [0.4, 0.5) is 0 Å². The van der Waals surface area contributed by atoms with Crippen LogP contribution in [0.1, 0.15) is 43.4 Å². The monoisotopic (exact) mass is 304 g/mol. The summed E-state index contributed by atoms with van der Waals surface area (Å²) in [7, 11) is 2.17. The molecule has 0 amide bonds. The molecule has 0 aliphatic carbocycles. The number of aryl methyl sites for hydroxylation is 3. The van der Waals surface area contributed by atoms with Gasteiger partial charge in [0.25, 0.3) is 0 Å². The van der Waals surface area contributed by atoms with Crippen molar-refractivity contribution in [1.29, 1.82) is 0 Å². The molecule has 0 bridgehead atoms. The van der Waals surface area contributed by atoms with Crippen LogP contribution >= 0.6 is 0 Å². The summed E-state index contributed by atoms with van der Waals surface area (Å²) in [6.45, 7) is 8.90. The van der Waals surface area contributed by atoms with E-state index in [1.807, 2.05) is 0 Å². The first-order valence-electron chi connectivity index (χ1n) is 8.54. The van der Waals surface area contributed by atoms with Gasteiger partial charge in [-0.2, -0.15) is 4.57 Å². The molecule has 3 aromatic rings. The van der Waals surface area contributed by atoms with Crippen LogP contribution in [-0.4, -0.2) is 0 Å². The highest BCUT2D eigenvalue weighted by Gasteiger charge is 2.16. The molecular weight excluding hydrogens is 278 g/mol. The van der Waals surface area contributed by atoms with Gasteiger partial charge in [0.05, 0.1) is 0 Å². The molecule has 0 saturated carbocycles. The van der Waals surface area contributed by atoms with Crippen LogP contribution in [0, 0.1) is 6.92 Å². The molecule has 0 unspecified atom stereocenters. The molecule has 1 nitrogen and oxygen atoms in total. The lowest BCUT2D eigenvalue weighted by Gasteiger charge is -2.10. The van der Waals surface area contributed by atoms with Crippen molar-refractivity contribution in [3.63, 3.8) is 0 Å². The van der Waals surface area contributed by atoms with Crippen LogP contribution in [0.3, 0.4) is 0 Å².